The van der Waals surface area contributed by atoms with Gasteiger partial charge >= 0.3 is 0 Å². The fourth-order valence-corrected chi connectivity index (χ4v) is 4.63. The molecule has 5 nitrogen and oxygen atoms in total. The van der Waals surface area contributed by atoms with Crippen LogP contribution in [0.1, 0.15) is 23.5 Å². The van der Waals surface area contributed by atoms with Crippen molar-refractivity contribution >= 4 is 46.2 Å². The maximum atomic E-state index is 6.35. The SMILES string of the molecule is COc1ccc(N2C(=S)NC(c3ccccn3)C2c2ccc(-c3ccc(Cl)c(Cl)c3)o2)cc1. The number of thiocarbonyl (C=S) groups is 1. The first kappa shape index (κ1) is 21.8. The Labute approximate surface area is 206 Å². The molecule has 0 bridgehead atoms. The highest BCUT2D eigenvalue weighted by Crippen LogP contribution is 2.43. The number of methoxy groups -OCH3 is 1. The number of nitrogens with one attached hydrogen (secondary N) is 1. The number of nitrogens with zero attached hydrogens (tertiary/aromatic N) is 2. The summed E-state index contributed by atoms with van der Waals surface area (Å²) in [7, 11) is 1.64. The molecule has 4 aromatic rings. The summed E-state index contributed by atoms with van der Waals surface area (Å²) in [5.41, 5.74) is 2.63. The second-order valence-corrected chi connectivity index (χ2v) is 8.73. The molecule has 33 heavy (non-hydrogen) atoms. The van der Waals surface area contributed by atoms with Gasteiger partial charge in [-0.1, -0.05) is 29.3 Å². The number of rotatable bonds is 5. The topological polar surface area (TPSA) is 50.5 Å². The van der Waals surface area contributed by atoms with Crippen LogP contribution < -0.4 is 15.0 Å². The Bertz CT molecular complexity index is 1290. The molecular weight excluding hydrogens is 477 g/mol. The van der Waals surface area contributed by atoms with Crippen LogP contribution in [0, 0.1) is 0 Å². The molecule has 0 radical (unpaired) electrons. The highest BCUT2D eigenvalue weighted by atomic mass is 35.5. The lowest BCUT2D eigenvalue weighted by Crippen LogP contribution is -2.29. The highest BCUT2D eigenvalue weighted by Gasteiger charge is 2.42. The van der Waals surface area contributed by atoms with Crippen molar-refractivity contribution in [2.75, 3.05) is 12.0 Å². The molecule has 5 rings (SSSR count). The van der Waals surface area contributed by atoms with Crippen LogP contribution in [-0.2, 0) is 0 Å². The number of anilines is 1. The number of pyridine rings is 1. The summed E-state index contributed by atoms with van der Waals surface area (Å²) in [6.45, 7) is 0. The molecule has 2 unspecified atom stereocenters. The minimum atomic E-state index is -0.252. The lowest BCUT2D eigenvalue weighted by molar-refractivity contribution is 0.414. The first-order valence-electron chi connectivity index (χ1n) is 10.2. The van der Waals surface area contributed by atoms with E-state index in [1.165, 1.54) is 0 Å². The van der Waals surface area contributed by atoms with E-state index < -0.39 is 0 Å². The van der Waals surface area contributed by atoms with E-state index in [0.29, 0.717) is 20.9 Å². The van der Waals surface area contributed by atoms with Crippen molar-refractivity contribution in [3.63, 3.8) is 0 Å². The minimum Gasteiger partial charge on any atom is -0.497 e. The van der Waals surface area contributed by atoms with Crippen molar-refractivity contribution in [1.82, 2.24) is 10.3 Å². The number of furan rings is 1. The van der Waals surface area contributed by atoms with Crippen molar-refractivity contribution in [1.29, 1.82) is 0 Å². The normalized spacial score (nSPS) is 17.8. The molecule has 1 N–H and O–H groups in total. The predicted molar refractivity (Wildman–Crippen MR) is 135 cm³/mol. The summed E-state index contributed by atoms with van der Waals surface area (Å²) in [5.74, 6) is 2.21. The largest absolute Gasteiger partial charge is 0.497 e. The van der Waals surface area contributed by atoms with E-state index in [2.05, 4.69) is 10.3 Å². The van der Waals surface area contributed by atoms with E-state index in [0.717, 1.165) is 28.5 Å². The van der Waals surface area contributed by atoms with Gasteiger partial charge in [-0.05, 0) is 78.9 Å². The molecule has 3 heterocycles. The predicted octanol–water partition coefficient (Wildman–Crippen LogP) is 6.83. The molecule has 2 aromatic heterocycles. The van der Waals surface area contributed by atoms with E-state index in [4.69, 9.17) is 44.6 Å². The Morgan fingerprint density at radius 3 is 2.52 bits per heavy atom. The van der Waals surface area contributed by atoms with Gasteiger partial charge in [0.15, 0.2) is 5.11 Å². The minimum absolute atomic E-state index is 0.200. The summed E-state index contributed by atoms with van der Waals surface area (Å²) in [6.07, 6.45) is 1.77. The zero-order valence-electron chi connectivity index (χ0n) is 17.5. The number of aromatic nitrogens is 1. The first-order valence-corrected chi connectivity index (χ1v) is 11.4. The number of halogens is 2. The smallest absolute Gasteiger partial charge is 0.174 e. The molecule has 2 atom stereocenters. The molecule has 0 saturated carbocycles. The molecule has 1 aliphatic heterocycles. The second-order valence-electron chi connectivity index (χ2n) is 7.53. The second kappa shape index (κ2) is 9.06. The molecule has 1 aliphatic rings. The maximum absolute atomic E-state index is 6.35. The summed E-state index contributed by atoms with van der Waals surface area (Å²) < 4.78 is 11.7. The van der Waals surface area contributed by atoms with E-state index in [-0.39, 0.29) is 12.1 Å². The monoisotopic (exact) mass is 495 g/mol. The van der Waals surface area contributed by atoms with Gasteiger partial charge in [0.2, 0.25) is 0 Å². The van der Waals surface area contributed by atoms with Gasteiger partial charge in [0.1, 0.15) is 23.3 Å². The average molecular weight is 496 g/mol. The van der Waals surface area contributed by atoms with Gasteiger partial charge < -0.3 is 19.4 Å². The molecule has 2 aromatic carbocycles. The number of benzene rings is 2. The molecule has 0 amide bonds. The van der Waals surface area contributed by atoms with Gasteiger partial charge in [-0.15, -0.1) is 0 Å². The molecular formula is C25H19Cl2N3O2S. The highest BCUT2D eigenvalue weighted by molar-refractivity contribution is 7.80. The van der Waals surface area contributed by atoms with E-state index >= 15 is 0 Å². The molecule has 1 saturated heterocycles. The lowest BCUT2D eigenvalue weighted by Gasteiger charge is -2.26. The van der Waals surface area contributed by atoms with Crippen LogP contribution in [0.3, 0.4) is 0 Å². The van der Waals surface area contributed by atoms with E-state index in [1.807, 2.05) is 65.6 Å². The molecule has 0 spiro atoms. The zero-order chi connectivity index (χ0) is 22.9. The fraction of sp³-hybridized carbons (Fsp3) is 0.120. The van der Waals surface area contributed by atoms with E-state index in [9.17, 15) is 0 Å². The summed E-state index contributed by atoms with van der Waals surface area (Å²) >= 11 is 18.1. The Hall–Kier alpha value is -3.06. The van der Waals surface area contributed by atoms with Crippen molar-refractivity contribution in [2.24, 2.45) is 0 Å². The standard InChI is InChI=1S/C25H19Cl2N3O2S/c1-31-17-8-6-16(7-9-17)30-24(23(29-25(30)33)20-4-2-3-13-28-20)22-12-11-21(32-22)15-5-10-18(26)19(27)14-15/h2-14,23-24H,1H3,(H,29,33). The Kier molecular flexibility index (Phi) is 5.98. The van der Waals surface area contributed by atoms with Gasteiger partial charge in [0.25, 0.3) is 0 Å². The summed E-state index contributed by atoms with van der Waals surface area (Å²) in [4.78, 5) is 6.62. The van der Waals surface area contributed by atoms with Crippen LogP contribution in [0.2, 0.25) is 10.0 Å². The third-order valence-electron chi connectivity index (χ3n) is 5.57. The van der Waals surface area contributed by atoms with Gasteiger partial charge in [-0.2, -0.15) is 0 Å². The lowest BCUT2D eigenvalue weighted by atomic mass is 10.0. The Balaban J connectivity index is 1.58. The first-order chi connectivity index (χ1) is 16.0. The van der Waals surface area contributed by atoms with Gasteiger partial charge in [0, 0.05) is 17.4 Å². The molecule has 0 aliphatic carbocycles. The van der Waals surface area contributed by atoms with Crippen LogP contribution in [-0.4, -0.2) is 17.2 Å². The van der Waals surface area contributed by atoms with Crippen molar-refractivity contribution < 1.29 is 9.15 Å². The third-order valence-corrected chi connectivity index (χ3v) is 6.62. The van der Waals surface area contributed by atoms with Crippen LogP contribution in [0.5, 0.6) is 5.75 Å². The Morgan fingerprint density at radius 2 is 1.82 bits per heavy atom. The van der Waals surface area contributed by atoms with Crippen molar-refractivity contribution in [3.8, 4) is 17.1 Å². The number of ether oxygens (including phenoxy) is 1. The van der Waals surface area contributed by atoms with Gasteiger partial charge in [-0.25, -0.2) is 0 Å². The molecule has 166 valence electrons. The van der Waals surface area contributed by atoms with Crippen LogP contribution in [0.25, 0.3) is 11.3 Å². The number of hydrogen-bond donors (Lipinski definition) is 1. The van der Waals surface area contributed by atoms with Crippen LogP contribution >= 0.6 is 35.4 Å². The van der Waals surface area contributed by atoms with E-state index in [1.54, 1.807) is 25.4 Å². The third kappa shape index (κ3) is 4.17. The van der Waals surface area contributed by atoms with Crippen molar-refractivity contribution in [3.05, 3.63) is 100 Å². The quantitative estimate of drug-likeness (QED) is 0.306. The van der Waals surface area contributed by atoms with Crippen LogP contribution in [0.15, 0.2) is 83.4 Å². The van der Waals surface area contributed by atoms with Gasteiger partial charge in [0.05, 0.1) is 28.9 Å². The van der Waals surface area contributed by atoms with Crippen molar-refractivity contribution in [2.45, 2.75) is 12.1 Å². The van der Waals surface area contributed by atoms with Crippen LogP contribution in [0.4, 0.5) is 5.69 Å². The maximum Gasteiger partial charge on any atom is 0.174 e. The molecule has 8 heteroatoms. The zero-order valence-corrected chi connectivity index (χ0v) is 19.9. The molecule has 1 fully saturated rings. The number of hydrogen-bond acceptors (Lipinski definition) is 4. The average Bonchev–Trinajstić information content (AvgIpc) is 3.46. The Morgan fingerprint density at radius 1 is 1.00 bits per heavy atom. The van der Waals surface area contributed by atoms with Gasteiger partial charge in [-0.3, -0.25) is 4.98 Å². The summed E-state index contributed by atoms with van der Waals surface area (Å²) in [6, 6.07) is 22.5. The summed E-state index contributed by atoms with van der Waals surface area (Å²) in [5, 5.41) is 4.99. The fourth-order valence-electron chi connectivity index (χ4n) is 3.98.